The van der Waals surface area contributed by atoms with E-state index in [1.54, 1.807) is 24.6 Å². The summed E-state index contributed by atoms with van der Waals surface area (Å²) in [6.45, 7) is 7.96. The van der Waals surface area contributed by atoms with Gasteiger partial charge in [0.1, 0.15) is 28.2 Å². The molecule has 0 saturated carbocycles. The number of hydrogen-bond donors (Lipinski definition) is 5. The minimum absolute atomic E-state index is 0.151. The Morgan fingerprint density at radius 2 is 2.29 bits per heavy atom. The van der Waals surface area contributed by atoms with Crippen LogP contribution in [0.25, 0.3) is 11.0 Å². The number of aromatic nitrogens is 3. The fraction of sp³-hybridized carbons (Fsp3) is 0.524. The third kappa shape index (κ3) is 5.13. The fourth-order valence-corrected chi connectivity index (χ4v) is 3.50. The van der Waals surface area contributed by atoms with Crippen molar-refractivity contribution in [2.75, 3.05) is 19.7 Å². The number of imidazole rings is 1. The SMILES string of the molecule is CCn1c(/C(=N/O)C(=N)N)nc2c(C#CC(C)(C)O)ncc(OC[C@H]3CCCNC3)c21. The zero-order valence-electron chi connectivity index (χ0n) is 18.1. The predicted molar refractivity (Wildman–Crippen MR) is 118 cm³/mol. The molecule has 0 spiro atoms. The average Bonchev–Trinajstić information content (AvgIpc) is 3.11. The number of hydrogen-bond acceptors (Lipinski definition) is 8. The van der Waals surface area contributed by atoms with Crippen LogP contribution in [0.1, 0.15) is 45.1 Å². The second-order valence-electron chi connectivity index (χ2n) is 8.04. The molecule has 0 aliphatic carbocycles. The lowest BCUT2D eigenvalue weighted by molar-refractivity contribution is 0.143. The van der Waals surface area contributed by atoms with Gasteiger partial charge in [-0.15, -0.1) is 0 Å². The summed E-state index contributed by atoms with van der Waals surface area (Å²) < 4.78 is 7.90. The van der Waals surface area contributed by atoms with E-state index >= 15 is 0 Å². The van der Waals surface area contributed by atoms with Gasteiger partial charge < -0.3 is 30.7 Å². The highest BCUT2D eigenvalue weighted by Crippen LogP contribution is 2.29. The van der Waals surface area contributed by atoms with E-state index in [0.717, 1.165) is 25.9 Å². The lowest BCUT2D eigenvalue weighted by Gasteiger charge is -2.23. The van der Waals surface area contributed by atoms with Crippen molar-refractivity contribution in [1.29, 1.82) is 5.41 Å². The molecule has 3 heterocycles. The van der Waals surface area contributed by atoms with E-state index in [4.69, 9.17) is 15.9 Å². The van der Waals surface area contributed by atoms with E-state index in [-0.39, 0.29) is 11.5 Å². The van der Waals surface area contributed by atoms with Gasteiger partial charge in [0.2, 0.25) is 0 Å². The van der Waals surface area contributed by atoms with Crippen LogP contribution in [-0.2, 0) is 6.54 Å². The molecule has 1 saturated heterocycles. The number of pyridine rings is 1. The molecule has 1 fully saturated rings. The Kier molecular flexibility index (Phi) is 6.77. The van der Waals surface area contributed by atoms with Crippen molar-refractivity contribution in [3.05, 3.63) is 17.7 Å². The molecule has 0 bridgehead atoms. The van der Waals surface area contributed by atoms with Gasteiger partial charge in [0.25, 0.3) is 0 Å². The molecule has 6 N–H and O–H groups in total. The molecule has 1 aliphatic rings. The van der Waals surface area contributed by atoms with Gasteiger partial charge >= 0.3 is 0 Å². The highest BCUT2D eigenvalue weighted by Gasteiger charge is 2.24. The summed E-state index contributed by atoms with van der Waals surface area (Å²) in [5, 5.41) is 33.7. The lowest BCUT2D eigenvalue weighted by atomic mass is 10.0. The van der Waals surface area contributed by atoms with Crippen LogP contribution in [0.4, 0.5) is 0 Å². The van der Waals surface area contributed by atoms with E-state index < -0.39 is 11.4 Å². The second kappa shape index (κ2) is 9.32. The number of nitrogens with two attached hydrogens (primary N) is 1. The van der Waals surface area contributed by atoms with Crippen LogP contribution in [0.2, 0.25) is 0 Å². The van der Waals surface area contributed by atoms with Gasteiger partial charge in [0.15, 0.2) is 17.3 Å². The molecular weight excluding hydrogens is 398 g/mol. The van der Waals surface area contributed by atoms with Crippen molar-refractivity contribution >= 4 is 22.6 Å². The molecule has 1 atom stereocenters. The molecule has 0 unspecified atom stereocenters. The summed E-state index contributed by atoms with van der Waals surface area (Å²) in [6, 6.07) is 0. The van der Waals surface area contributed by atoms with Gasteiger partial charge in [-0.3, -0.25) is 5.41 Å². The van der Waals surface area contributed by atoms with Crippen LogP contribution in [0.3, 0.4) is 0 Å². The molecule has 10 nitrogen and oxygen atoms in total. The first-order valence-electron chi connectivity index (χ1n) is 10.3. The Labute approximate surface area is 181 Å². The molecule has 31 heavy (non-hydrogen) atoms. The summed E-state index contributed by atoms with van der Waals surface area (Å²) in [5.74, 6) is 6.33. The van der Waals surface area contributed by atoms with Gasteiger partial charge in [0, 0.05) is 19.0 Å². The van der Waals surface area contributed by atoms with Gasteiger partial charge in [-0.2, -0.15) is 0 Å². The van der Waals surface area contributed by atoms with Crippen molar-refractivity contribution in [3.8, 4) is 17.6 Å². The largest absolute Gasteiger partial charge is 0.489 e. The monoisotopic (exact) mass is 427 g/mol. The van der Waals surface area contributed by atoms with E-state index in [1.165, 1.54) is 0 Å². The number of fused-ring (bicyclic) bond motifs is 1. The maximum Gasteiger partial charge on any atom is 0.186 e. The van der Waals surface area contributed by atoms with Crippen molar-refractivity contribution in [3.63, 3.8) is 0 Å². The van der Waals surface area contributed by atoms with Crippen LogP contribution in [0.15, 0.2) is 11.4 Å². The van der Waals surface area contributed by atoms with Gasteiger partial charge in [-0.1, -0.05) is 11.1 Å². The number of ether oxygens (including phenoxy) is 1. The molecule has 3 rings (SSSR count). The summed E-state index contributed by atoms with van der Waals surface area (Å²) in [7, 11) is 0. The van der Waals surface area contributed by atoms with Crippen LogP contribution in [-0.4, -0.2) is 61.7 Å². The quantitative estimate of drug-likeness (QED) is 0.152. The first kappa shape index (κ1) is 22.5. The molecule has 2 aromatic rings. The molecule has 166 valence electrons. The topological polar surface area (TPSA) is 155 Å². The average molecular weight is 428 g/mol. The predicted octanol–water partition coefficient (Wildman–Crippen LogP) is 1.07. The normalized spacial score (nSPS) is 17.3. The van der Waals surface area contributed by atoms with Gasteiger partial charge in [-0.05, 0) is 46.1 Å². The maximum absolute atomic E-state index is 9.98. The van der Waals surface area contributed by atoms with Crippen molar-refractivity contribution in [2.24, 2.45) is 16.8 Å². The summed E-state index contributed by atoms with van der Waals surface area (Å²) in [4.78, 5) is 8.95. The molecular formula is C21H29N7O3. The minimum atomic E-state index is -1.20. The van der Waals surface area contributed by atoms with Gasteiger partial charge in [-0.25, -0.2) is 9.97 Å². The number of rotatable bonds is 6. The molecule has 0 radical (unpaired) electrons. The summed E-state index contributed by atoms with van der Waals surface area (Å²) in [5.41, 5.74) is 5.64. The van der Waals surface area contributed by atoms with Crippen molar-refractivity contribution < 1.29 is 15.1 Å². The highest BCUT2D eigenvalue weighted by molar-refractivity contribution is 6.45. The molecule has 0 amide bonds. The number of nitrogens with zero attached hydrogens (tertiary/aromatic N) is 4. The van der Waals surface area contributed by atoms with Crippen LogP contribution in [0, 0.1) is 23.2 Å². The third-order valence-corrected chi connectivity index (χ3v) is 4.98. The lowest BCUT2D eigenvalue weighted by Crippen LogP contribution is -2.33. The van der Waals surface area contributed by atoms with E-state index in [9.17, 15) is 10.3 Å². The smallest absolute Gasteiger partial charge is 0.186 e. The fourth-order valence-electron chi connectivity index (χ4n) is 3.50. The Morgan fingerprint density at radius 3 is 2.87 bits per heavy atom. The van der Waals surface area contributed by atoms with Crippen LogP contribution < -0.4 is 15.8 Å². The van der Waals surface area contributed by atoms with Crippen LogP contribution in [0.5, 0.6) is 5.75 Å². The number of aryl methyl sites for hydroxylation is 1. The molecule has 2 aromatic heterocycles. The summed E-state index contributed by atoms with van der Waals surface area (Å²) in [6.07, 6.45) is 3.79. The van der Waals surface area contributed by atoms with E-state index in [2.05, 4.69) is 32.3 Å². The van der Waals surface area contributed by atoms with Crippen molar-refractivity contribution in [1.82, 2.24) is 19.9 Å². The first-order chi connectivity index (χ1) is 14.7. The maximum atomic E-state index is 9.98. The summed E-state index contributed by atoms with van der Waals surface area (Å²) >= 11 is 0. The molecule has 10 heteroatoms. The van der Waals surface area contributed by atoms with Crippen LogP contribution >= 0.6 is 0 Å². The Bertz CT molecular complexity index is 1050. The first-order valence-corrected chi connectivity index (χ1v) is 10.3. The number of nitrogens with one attached hydrogen (secondary N) is 2. The Balaban J connectivity index is 2.14. The molecule has 1 aliphatic heterocycles. The zero-order chi connectivity index (χ0) is 22.6. The Morgan fingerprint density at radius 1 is 1.52 bits per heavy atom. The van der Waals surface area contributed by atoms with E-state index in [1.807, 2.05) is 6.92 Å². The number of piperidine rings is 1. The zero-order valence-corrected chi connectivity index (χ0v) is 18.1. The van der Waals surface area contributed by atoms with Crippen molar-refractivity contribution in [2.45, 2.75) is 45.8 Å². The number of aliphatic hydroxyl groups is 1. The van der Waals surface area contributed by atoms with Gasteiger partial charge in [0.05, 0.1) is 12.8 Å². The molecule has 0 aromatic carbocycles. The minimum Gasteiger partial charge on any atom is -0.489 e. The number of oxime groups is 1. The number of amidine groups is 1. The Hall–Kier alpha value is -3.16. The second-order valence-corrected chi connectivity index (χ2v) is 8.04. The standard InChI is InChI=1S/C21H29N7O3/c1-4-28-18-15(31-12-13-6-5-9-24-10-13)11-25-14(7-8-21(2,3)29)16(18)26-20(28)17(27-30)19(22)23/h11,13,24,29-30H,4-6,9-10,12H2,1-3H3,(H3,22,23)/b27-17+/t13-/m0/s1. The third-order valence-electron chi connectivity index (χ3n) is 4.98. The highest BCUT2D eigenvalue weighted by atomic mass is 16.5. The van der Waals surface area contributed by atoms with E-state index in [0.29, 0.717) is 41.5 Å².